The summed E-state index contributed by atoms with van der Waals surface area (Å²) in [5.74, 6) is -3.09. The molecule has 1 atom stereocenters. The fraction of sp³-hybridized carbons (Fsp3) is 0.571. The van der Waals surface area contributed by atoms with Crippen LogP contribution in [0.1, 0.15) is 50.2 Å². The van der Waals surface area contributed by atoms with Crippen molar-refractivity contribution in [3.8, 4) is 0 Å². The Kier molecular flexibility index (Phi) is 4.27. The number of benzene rings is 1. The van der Waals surface area contributed by atoms with E-state index in [0.29, 0.717) is 12.1 Å². The average Bonchev–Trinajstić information content (AvgIpc) is 2.55. The lowest BCUT2D eigenvalue weighted by atomic mass is 9.89. The van der Waals surface area contributed by atoms with E-state index in [1.54, 1.807) is 0 Å². The minimum Gasteiger partial charge on any atom is -0.388 e. The van der Waals surface area contributed by atoms with Gasteiger partial charge in [0.05, 0.1) is 11.7 Å². The lowest BCUT2D eigenvalue weighted by Gasteiger charge is -2.22. The predicted molar refractivity (Wildman–Crippen MR) is 62.5 cm³/mol. The number of hydrogen-bond acceptors (Lipinski definition) is 1. The molecule has 1 aliphatic carbocycles. The van der Waals surface area contributed by atoms with Crippen LogP contribution in [0.5, 0.6) is 0 Å². The van der Waals surface area contributed by atoms with Gasteiger partial charge >= 0.3 is 0 Å². The number of halogens is 3. The molecule has 0 radical (unpaired) electrons. The van der Waals surface area contributed by atoms with Crippen LogP contribution < -0.4 is 0 Å². The van der Waals surface area contributed by atoms with Crippen LogP contribution in [-0.4, -0.2) is 5.11 Å². The van der Waals surface area contributed by atoms with Gasteiger partial charge in [0.25, 0.3) is 0 Å². The Morgan fingerprint density at radius 3 is 1.94 bits per heavy atom. The molecule has 1 nitrogen and oxygen atoms in total. The zero-order chi connectivity index (χ0) is 13.1. The van der Waals surface area contributed by atoms with Crippen LogP contribution in [-0.2, 0) is 0 Å². The third-order valence-electron chi connectivity index (χ3n) is 3.69. The van der Waals surface area contributed by atoms with Crippen molar-refractivity contribution in [2.45, 2.75) is 44.6 Å². The molecule has 2 rings (SSSR count). The molecule has 1 aliphatic rings. The van der Waals surface area contributed by atoms with E-state index in [9.17, 15) is 18.3 Å². The molecule has 1 fully saturated rings. The second-order valence-electron chi connectivity index (χ2n) is 4.98. The third kappa shape index (κ3) is 2.86. The Bertz CT molecular complexity index is 388. The smallest absolute Gasteiger partial charge is 0.134 e. The van der Waals surface area contributed by atoms with Crippen LogP contribution in [0.2, 0.25) is 0 Å². The van der Waals surface area contributed by atoms with Crippen molar-refractivity contribution in [3.05, 3.63) is 35.1 Å². The summed E-state index contributed by atoms with van der Waals surface area (Å²) in [6.07, 6.45) is 4.46. The summed E-state index contributed by atoms with van der Waals surface area (Å²) in [4.78, 5) is 0. The fourth-order valence-electron chi connectivity index (χ4n) is 2.70. The Morgan fingerprint density at radius 2 is 1.44 bits per heavy atom. The summed E-state index contributed by atoms with van der Waals surface area (Å²) in [6.45, 7) is 0. The molecule has 1 aromatic carbocycles. The summed E-state index contributed by atoms with van der Waals surface area (Å²) in [5.41, 5.74) is -0.386. The van der Waals surface area contributed by atoms with Crippen LogP contribution >= 0.6 is 0 Å². The van der Waals surface area contributed by atoms with Gasteiger partial charge in [-0.15, -0.1) is 0 Å². The maximum Gasteiger partial charge on any atom is 0.134 e. The van der Waals surface area contributed by atoms with E-state index in [2.05, 4.69) is 0 Å². The number of hydrogen-bond donors (Lipinski definition) is 1. The van der Waals surface area contributed by atoms with Gasteiger partial charge in [-0.1, -0.05) is 25.7 Å². The predicted octanol–water partition coefficient (Wildman–Crippen LogP) is 4.11. The average molecular weight is 258 g/mol. The third-order valence-corrected chi connectivity index (χ3v) is 3.69. The summed E-state index contributed by atoms with van der Waals surface area (Å²) < 4.78 is 40.0. The molecule has 0 amide bonds. The zero-order valence-corrected chi connectivity index (χ0v) is 10.1. The van der Waals surface area contributed by atoms with E-state index in [-0.39, 0.29) is 11.5 Å². The highest BCUT2D eigenvalue weighted by Gasteiger charge is 2.27. The zero-order valence-electron chi connectivity index (χ0n) is 10.1. The van der Waals surface area contributed by atoms with Crippen molar-refractivity contribution in [1.29, 1.82) is 0 Å². The number of aliphatic hydroxyl groups excluding tert-OH is 1. The van der Waals surface area contributed by atoms with Crippen molar-refractivity contribution in [2.24, 2.45) is 5.92 Å². The van der Waals surface area contributed by atoms with Gasteiger partial charge in [0.15, 0.2) is 0 Å². The Hall–Kier alpha value is -1.03. The van der Waals surface area contributed by atoms with Gasteiger partial charge in [0.2, 0.25) is 0 Å². The maximum absolute atomic E-state index is 13.6. The van der Waals surface area contributed by atoms with E-state index in [0.717, 1.165) is 38.5 Å². The van der Waals surface area contributed by atoms with Crippen molar-refractivity contribution in [2.75, 3.05) is 0 Å². The standard InChI is InChI=1S/C14H17F3O/c15-10-7-11(16)13(12(17)8-10)14(18)9-5-3-1-2-4-6-9/h7-9,14,18H,1-6H2. The molecular weight excluding hydrogens is 241 g/mol. The number of aliphatic hydroxyl groups is 1. The van der Waals surface area contributed by atoms with Crippen LogP contribution in [0.4, 0.5) is 13.2 Å². The molecule has 1 aromatic rings. The monoisotopic (exact) mass is 258 g/mol. The van der Waals surface area contributed by atoms with Crippen LogP contribution in [0.25, 0.3) is 0 Å². The molecule has 1 unspecified atom stereocenters. The first-order valence-corrected chi connectivity index (χ1v) is 6.42. The van der Waals surface area contributed by atoms with E-state index in [4.69, 9.17) is 0 Å². The van der Waals surface area contributed by atoms with E-state index in [1.165, 1.54) is 0 Å². The van der Waals surface area contributed by atoms with Gasteiger partial charge < -0.3 is 5.11 Å². The Morgan fingerprint density at radius 1 is 0.944 bits per heavy atom. The molecule has 4 heteroatoms. The molecule has 0 saturated heterocycles. The first kappa shape index (κ1) is 13.4. The lowest BCUT2D eigenvalue weighted by Crippen LogP contribution is -2.15. The molecule has 0 bridgehead atoms. The van der Waals surface area contributed by atoms with Gasteiger partial charge in [-0.25, -0.2) is 13.2 Å². The van der Waals surface area contributed by atoms with Crippen LogP contribution in [0.3, 0.4) is 0 Å². The Balaban J connectivity index is 2.24. The molecular formula is C14H17F3O. The van der Waals surface area contributed by atoms with Crippen molar-refractivity contribution in [3.63, 3.8) is 0 Å². The molecule has 1 saturated carbocycles. The maximum atomic E-state index is 13.6. The lowest BCUT2D eigenvalue weighted by molar-refractivity contribution is 0.0912. The van der Waals surface area contributed by atoms with E-state index in [1.807, 2.05) is 0 Å². The largest absolute Gasteiger partial charge is 0.388 e. The number of rotatable bonds is 2. The van der Waals surface area contributed by atoms with Crippen molar-refractivity contribution < 1.29 is 18.3 Å². The van der Waals surface area contributed by atoms with E-state index >= 15 is 0 Å². The Labute approximate surface area is 105 Å². The van der Waals surface area contributed by atoms with Gasteiger partial charge in [0.1, 0.15) is 17.5 Å². The highest BCUT2D eigenvalue weighted by Crippen LogP contribution is 2.35. The second-order valence-corrected chi connectivity index (χ2v) is 4.98. The highest BCUT2D eigenvalue weighted by atomic mass is 19.1. The quantitative estimate of drug-likeness (QED) is 0.791. The molecule has 100 valence electrons. The normalized spacial score (nSPS) is 19.6. The van der Waals surface area contributed by atoms with Crippen LogP contribution in [0, 0.1) is 23.4 Å². The van der Waals surface area contributed by atoms with Gasteiger partial charge in [-0.2, -0.15) is 0 Å². The minimum absolute atomic E-state index is 0.137. The second kappa shape index (κ2) is 5.74. The molecule has 0 aromatic heterocycles. The highest BCUT2D eigenvalue weighted by molar-refractivity contribution is 5.23. The summed E-state index contributed by atoms with van der Waals surface area (Å²) in [6, 6.07) is 1.25. The molecule has 18 heavy (non-hydrogen) atoms. The first-order chi connectivity index (χ1) is 8.59. The first-order valence-electron chi connectivity index (χ1n) is 6.42. The summed E-state index contributed by atoms with van der Waals surface area (Å²) >= 11 is 0. The van der Waals surface area contributed by atoms with E-state index < -0.39 is 23.6 Å². The molecule has 0 aliphatic heterocycles. The van der Waals surface area contributed by atoms with Crippen LogP contribution in [0.15, 0.2) is 12.1 Å². The summed E-state index contributed by atoms with van der Waals surface area (Å²) in [5, 5.41) is 10.1. The topological polar surface area (TPSA) is 20.2 Å². The van der Waals surface area contributed by atoms with Crippen molar-refractivity contribution in [1.82, 2.24) is 0 Å². The minimum atomic E-state index is -1.18. The molecule has 0 heterocycles. The molecule has 1 N–H and O–H groups in total. The SMILES string of the molecule is OC(c1c(F)cc(F)cc1F)C1CCCCCC1. The van der Waals surface area contributed by atoms with Gasteiger partial charge in [0, 0.05) is 12.1 Å². The van der Waals surface area contributed by atoms with Gasteiger partial charge in [-0.3, -0.25) is 0 Å². The fourth-order valence-corrected chi connectivity index (χ4v) is 2.70. The van der Waals surface area contributed by atoms with Gasteiger partial charge in [-0.05, 0) is 18.8 Å². The van der Waals surface area contributed by atoms with Crippen molar-refractivity contribution >= 4 is 0 Å². The summed E-state index contributed by atoms with van der Waals surface area (Å²) in [7, 11) is 0. The molecule has 0 spiro atoms.